The van der Waals surface area contributed by atoms with Gasteiger partial charge in [-0.2, -0.15) is 0 Å². The van der Waals surface area contributed by atoms with Crippen molar-refractivity contribution in [2.24, 2.45) is 5.16 Å². The second-order valence-corrected chi connectivity index (χ2v) is 4.99. The van der Waals surface area contributed by atoms with Gasteiger partial charge in [-0.25, -0.2) is 4.79 Å². The molecule has 2 aromatic rings. The third kappa shape index (κ3) is 4.31. The molecule has 0 N–H and O–H groups in total. The van der Waals surface area contributed by atoms with E-state index in [0.717, 1.165) is 0 Å². The molecule has 25 heavy (non-hydrogen) atoms. The monoisotopic (exact) mass is 344 g/mol. The molecule has 0 spiro atoms. The lowest BCUT2D eigenvalue weighted by Crippen LogP contribution is -2.03. The highest BCUT2D eigenvalue weighted by Crippen LogP contribution is 2.27. The molecule has 2 aromatic carbocycles. The summed E-state index contributed by atoms with van der Waals surface area (Å²) in [7, 11) is 3.04. The number of oxime groups is 1. The van der Waals surface area contributed by atoms with Crippen LogP contribution in [-0.4, -0.2) is 31.3 Å². The highest BCUT2D eigenvalue weighted by atomic mass is 16.7. The van der Waals surface area contributed by atoms with Gasteiger partial charge < -0.3 is 14.3 Å². The minimum atomic E-state index is -0.713. The van der Waals surface area contributed by atoms with Crippen molar-refractivity contribution >= 4 is 17.9 Å². The van der Waals surface area contributed by atoms with Gasteiger partial charge in [-0.1, -0.05) is 5.16 Å². The number of carbonyl (C=O) groups excluding carboxylic acids is 1. The van der Waals surface area contributed by atoms with Gasteiger partial charge >= 0.3 is 5.97 Å². The first kappa shape index (κ1) is 17.9. The van der Waals surface area contributed by atoms with Crippen LogP contribution in [0.3, 0.4) is 0 Å². The number of nitrogens with zero attached hydrogens (tertiary/aromatic N) is 2. The average molecular weight is 344 g/mol. The van der Waals surface area contributed by atoms with Crippen LogP contribution in [-0.2, 0) is 4.84 Å². The first-order valence-corrected chi connectivity index (χ1v) is 7.18. The summed E-state index contributed by atoms with van der Waals surface area (Å²) in [6.45, 7) is 1.54. The summed E-state index contributed by atoms with van der Waals surface area (Å²) >= 11 is 0. The number of rotatable bonds is 6. The van der Waals surface area contributed by atoms with Crippen LogP contribution < -0.4 is 9.47 Å². The molecule has 0 bridgehead atoms. The van der Waals surface area contributed by atoms with Crippen LogP contribution in [0.4, 0.5) is 5.69 Å². The van der Waals surface area contributed by atoms with Gasteiger partial charge in [0.2, 0.25) is 0 Å². The summed E-state index contributed by atoms with van der Waals surface area (Å²) in [6, 6.07) is 9.04. The van der Waals surface area contributed by atoms with E-state index in [4.69, 9.17) is 14.3 Å². The summed E-state index contributed by atoms with van der Waals surface area (Å²) in [5, 5.41) is 14.4. The quantitative estimate of drug-likeness (QED) is 0.345. The molecule has 130 valence electrons. The number of hydrogen-bond donors (Lipinski definition) is 0. The fraction of sp³-hybridized carbons (Fsp3) is 0.176. The third-order valence-corrected chi connectivity index (χ3v) is 3.37. The molecule has 0 saturated carbocycles. The van der Waals surface area contributed by atoms with Crippen LogP contribution >= 0.6 is 0 Å². The lowest BCUT2D eigenvalue weighted by atomic mass is 10.1. The second-order valence-electron chi connectivity index (χ2n) is 4.99. The van der Waals surface area contributed by atoms with E-state index in [1.54, 1.807) is 25.1 Å². The minimum Gasteiger partial charge on any atom is -0.493 e. The van der Waals surface area contributed by atoms with Crippen LogP contribution in [0, 0.1) is 17.0 Å². The Morgan fingerprint density at radius 1 is 1.12 bits per heavy atom. The molecule has 0 aliphatic rings. The highest BCUT2D eigenvalue weighted by molar-refractivity contribution is 5.90. The Hall–Kier alpha value is -3.42. The van der Waals surface area contributed by atoms with E-state index >= 15 is 0 Å². The van der Waals surface area contributed by atoms with Crippen LogP contribution in [0.1, 0.15) is 21.5 Å². The molecule has 0 saturated heterocycles. The van der Waals surface area contributed by atoms with Crippen molar-refractivity contribution in [1.29, 1.82) is 0 Å². The fourth-order valence-electron chi connectivity index (χ4n) is 2.11. The van der Waals surface area contributed by atoms with Crippen LogP contribution in [0.2, 0.25) is 0 Å². The summed E-state index contributed by atoms with van der Waals surface area (Å²) in [5.41, 5.74) is 1.12. The maximum absolute atomic E-state index is 11.9. The maximum Gasteiger partial charge on any atom is 0.365 e. The lowest BCUT2D eigenvalue weighted by Gasteiger charge is -2.07. The van der Waals surface area contributed by atoms with Crippen molar-refractivity contribution in [2.75, 3.05) is 14.2 Å². The Morgan fingerprint density at radius 2 is 1.84 bits per heavy atom. The van der Waals surface area contributed by atoms with Gasteiger partial charge in [0.15, 0.2) is 11.5 Å². The molecule has 8 nitrogen and oxygen atoms in total. The number of hydrogen-bond acceptors (Lipinski definition) is 7. The molecule has 2 rings (SSSR count). The predicted molar refractivity (Wildman–Crippen MR) is 90.4 cm³/mol. The minimum absolute atomic E-state index is 0.0645. The van der Waals surface area contributed by atoms with E-state index in [1.165, 1.54) is 38.6 Å². The van der Waals surface area contributed by atoms with E-state index < -0.39 is 10.9 Å². The first-order chi connectivity index (χ1) is 12.0. The third-order valence-electron chi connectivity index (χ3n) is 3.37. The van der Waals surface area contributed by atoms with Crippen LogP contribution in [0.15, 0.2) is 41.6 Å². The Balaban J connectivity index is 2.08. The van der Waals surface area contributed by atoms with Gasteiger partial charge in [0.05, 0.1) is 30.9 Å². The van der Waals surface area contributed by atoms with Crippen molar-refractivity contribution < 1.29 is 24.0 Å². The number of benzene rings is 2. The topological polar surface area (TPSA) is 100 Å². The maximum atomic E-state index is 11.9. The number of nitro groups is 1. The van der Waals surface area contributed by atoms with E-state index in [-0.39, 0.29) is 11.3 Å². The summed E-state index contributed by atoms with van der Waals surface area (Å²) in [6.07, 6.45) is 1.35. The van der Waals surface area contributed by atoms with E-state index in [0.29, 0.717) is 22.6 Å². The molecule has 0 radical (unpaired) electrons. The van der Waals surface area contributed by atoms with Crippen molar-refractivity contribution in [2.45, 2.75) is 6.92 Å². The summed E-state index contributed by atoms with van der Waals surface area (Å²) in [5.74, 6) is 0.372. The summed E-state index contributed by atoms with van der Waals surface area (Å²) < 4.78 is 10.3. The SMILES string of the molecule is COc1ccc(/C=N\OC(=O)c2ccc([N+](=O)[O-])c(C)c2)cc1OC. The van der Waals surface area contributed by atoms with Gasteiger partial charge in [0, 0.05) is 17.2 Å². The lowest BCUT2D eigenvalue weighted by molar-refractivity contribution is -0.385. The van der Waals surface area contributed by atoms with Crippen molar-refractivity contribution in [1.82, 2.24) is 0 Å². The number of nitro benzene ring substituents is 1. The zero-order valence-corrected chi connectivity index (χ0v) is 13.9. The molecular formula is C17H16N2O6. The Kier molecular flexibility index (Phi) is 5.67. The number of aryl methyl sites for hydroxylation is 1. The molecule has 8 heteroatoms. The van der Waals surface area contributed by atoms with Gasteiger partial charge in [0.25, 0.3) is 5.69 Å². The molecule has 0 aromatic heterocycles. The Morgan fingerprint density at radius 3 is 2.44 bits per heavy atom. The average Bonchev–Trinajstić information content (AvgIpc) is 2.60. The molecule has 0 heterocycles. The summed E-state index contributed by atoms with van der Waals surface area (Å²) in [4.78, 5) is 27.0. The largest absolute Gasteiger partial charge is 0.493 e. The van der Waals surface area contributed by atoms with Gasteiger partial charge in [0.1, 0.15) is 0 Å². The molecular weight excluding hydrogens is 328 g/mol. The van der Waals surface area contributed by atoms with Gasteiger partial charge in [-0.15, -0.1) is 0 Å². The zero-order chi connectivity index (χ0) is 18.4. The van der Waals surface area contributed by atoms with Gasteiger partial charge in [-0.3, -0.25) is 10.1 Å². The molecule has 0 fully saturated rings. The molecule has 0 unspecified atom stereocenters. The zero-order valence-electron chi connectivity index (χ0n) is 13.9. The standard InChI is InChI=1S/C17H16N2O6/c1-11-8-13(5-6-14(11)19(21)22)17(20)25-18-10-12-4-7-15(23-2)16(9-12)24-3/h4-10H,1-3H3/b18-10-. The van der Waals surface area contributed by atoms with Crippen molar-refractivity contribution in [3.05, 3.63) is 63.2 Å². The molecule has 0 atom stereocenters. The smallest absolute Gasteiger partial charge is 0.365 e. The van der Waals surface area contributed by atoms with E-state index in [2.05, 4.69) is 5.16 Å². The number of methoxy groups -OCH3 is 2. The first-order valence-electron chi connectivity index (χ1n) is 7.18. The van der Waals surface area contributed by atoms with Crippen molar-refractivity contribution in [3.8, 4) is 11.5 Å². The normalized spacial score (nSPS) is 10.5. The van der Waals surface area contributed by atoms with E-state index in [9.17, 15) is 14.9 Å². The Labute approximate surface area is 143 Å². The van der Waals surface area contributed by atoms with Gasteiger partial charge in [-0.05, 0) is 37.3 Å². The second kappa shape index (κ2) is 7.91. The van der Waals surface area contributed by atoms with Crippen LogP contribution in [0.5, 0.6) is 11.5 Å². The fourth-order valence-corrected chi connectivity index (χ4v) is 2.11. The molecule has 0 aliphatic carbocycles. The Bertz CT molecular complexity index is 832. The predicted octanol–water partition coefficient (Wildman–Crippen LogP) is 3.11. The van der Waals surface area contributed by atoms with E-state index in [1.807, 2.05) is 0 Å². The highest BCUT2D eigenvalue weighted by Gasteiger charge is 2.14. The molecule has 0 aliphatic heterocycles. The van der Waals surface area contributed by atoms with Crippen LogP contribution in [0.25, 0.3) is 0 Å². The van der Waals surface area contributed by atoms with Crippen molar-refractivity contribution in [3.63, 3.8) is 0 Å². The number of carbonyl (C=O) groups is 1. The number of ether oxygens (including phenoxy) is 2. The molecule has 0 amide bonds.